The molecule has 1 fully saturated rings. The number of urea groups is 1. The lowest BCUT2D eigenvalue weighted by Crippen LogP contribution is -2.50. The van der Waals surface area contributed by atoms with Crippen LogP contribution in [0.1, 0.15) is 37.0 Å². The summed E-state index contributed by atoms with van der Waals surface area (Å²) in [6, 6.07) is 5.31. The van der Waals surface area contributed by atoms with Crippen molar-refractivity contribution in [2.24, 2.45) is 0 Å². The second kappa shape index (κ2) is 6.98. The van der Waals surface area contributed by atoms with E-state index in [0.717, 1.165) is 12.8 Å². The van der Waals surface area contributed by atoms with Crippen molar-refractivity contribution in [2.45, 2.75) is 38.8 Å². The molecule has 0 unspecified atom stereocenters. The van der Waals surface area contributed by atoms with E-state index < -0.39 is 0 Å². The van der Waals surface area contributed by atoms with Gasteiger partial charge in [-0.3, -0.25) is 4.79 Å². The first-order chi connectivity index (χ1) is 11.5. The van der Waals surface area contributed by atoms with Gasteiger partial charge in [-0.05, 0) is 44.9 Å². The molecule has 1 aromatic carbocycles. The number of piperidine rings is 1. The zero-order valence-corrected chi connectivity index (χ0v) is 14.0. The minimum Gasteiger partial charge on any atom is -0.454 e. The summed E-state index contributed by atoms with van der Waals surface area (Å²) >= 11 is 0. The third-order valence-electron chi connectivity index (χ3n) is 4.16. The molecule has 0 atom stereocenters. The van der Waals surface area contributed by atoms with Gasteiger partial charge >= 0.3 is 6.03 Å². The summed E-state index contributed by atoms with van der Waals surface area (Å²) in [5.41, 5.74) is 0.600. The van der Waals surface area contributed by atoms with Crippen molar-refractivity contribution in [3.8, 4) is 11.5 Å². The highest BCUT2D eigenvalue weighted by molar-refractivity contribution is 5.95. The van der Waals surface area contributed by atoms with E-state index in [2.05, 4.69) is 10.6 Å². The van der Waals surface area contributed by atoms with Crippen LogP contribution in [-0.2, 0) is 0 Å². The first-order valence-electron chi connectivity index (χ1n) is 8.29. The van der Waals surface area contributed by atoms with E-state index in [-0.39, 0.29) is 30.8 Å². The Morgan fingerprint density at radius 3 is 2.58 bits per heavy atom. The maximum absolute atomic E-state index is 12.6. The molecule has 0 bridgehead atoms. The molecule has 3 amide bonds. The third-order valence-corrected chi connectivity index (χ3v) is 4.16. The standard InChI is InChI=1S/C17H23N3O4/c1-11(2)18-17(22)19-13-5-7-20(8-6-13)16(21)12-3-4-14-15(9-12)24-10-23-14/h3-4,9,11,13H,5-8,10H2,1-2H3,(H2,18,19,22). The van der Waals surface area contributed by atoms with Crippen LogP contribution in [0.3, 0.4) is 0 Å². The number of carbonyl (C=O) groups is 2. The lowest BCUT2D eigenvalue weighted by molar-refractivity contribution is 0.0708. The molecule has 130 valence electrons. The van der Waals surface area contributed by atoms with Crippen LogP contribution in [0.25, 0.3) is 0 Å². The fourth-order valence-corrected chi connectivity index (χ4v) is 2.93. The van der Waals surface area contributed by atoms with Gasteiger partial charge in [0.25, 0.3) is 5.91 Å². The normalized spacial score (nSPS) is 17.0. The molecule has 0 saturated carbocycles. The number of hydrogen-bond acceptors (Lipinski definition) is 4. The highest BCUT2D eigenvalue weighted by Crippen LogP contribution is 2.33. The molecule has 7 nitrogen and oxygen atoms in total. The Labute approximate surface area is 141 Å². The quantitative estimate of drug-likeness (QED) is 0.883. The Bertz CT molecular complexity index is 624. The van der Waals surface area contributed by atoms with Crippen LogP contribution in [0.15, 0.2) is 18.2 Å². The minimum absolute atomic E-state index is 0.0154. The highest BCUT2D eigenvalue weighted by Gasteiger charge is 2.26. The van der Waals surface area contributed by atoms with Crippen molar-refractivity contribution >= 4 is 11.9 Å². The largest absolute Gasteiger partial charge is 0.454 e. The van der Waals surface area contributed by atoms with E-state index in [0.29, 0.717) is 30.2 Å². The highest BCUT2D eigenvalue weighted by atomic mass is 16.7. The maximum Gasteiger partial charge on any atom is 0.315 e. The fraction of sp³-hybridized carbons (Fsp3) is 0.529. The number of likely N-dealkylation sites (tertiary alicyclic amines) is 1. The van der Waals surface area contributed by atoms with E-state index in [4.69, 9.17) is 9.47 Å². The van der Waals surface area contributed by atoms with E-state index in [1.54, 1.807) is 18.2 Å². The number of ether oxygens (including phenoxy) is 2. The van der Waals surface area contributed by atoms with Crippen molar-refractivity contribution in [1.29, 1.82) is 0 Å². The molecule has 1 saturated heterocycles. The number of carbonyl (C=O) groups excluding carboxylic acids is 2. The number of benzene rings is 1. The number of rotatable bonds is 3. The van der Waals surface area contributed by atoms with Gasteiger partial charge < -0.3 is 25.0 Å². The molecule has 2 aliphatic rings. The topological polar surface area (TPSA) is 79.9 Å². The predicted molar refractivity (Wildman–Crippen MR) is 88.3 cm³/mol. The molecule has 0 spiro atoms. The average molecular weight is 333 g/mol. The van der Waals surface area contributed by atoms with Crippen molar-refractivity contribution in [2.75, 3.05) is 19.9 Å². The molecule has 24 heavy (non-hydrogen) atoms. The summed E-state index contributed by atoms with van der Waals surface area (Å²) in [5, 5.41) is 5.78. The van der Waals surface area contributed by atoms with Crippen LogP contribution in [0, 0.1) is 0 Å². The summed E-state index contributed by atoms with van der Waals surface area (Å²) in [6.07, 6.45) is 1.50. The predicted octanol–water partition coefficient (Wildman–Crippen LogP) is 1.73. The number of fused-ring (bicyclic) bond motifs is 1. The zero-order valence-electron chi connectivity index (χ0n) is 14.0. The molecule has 7 heteroatoms. The molecule has 0 radical (unpaired) electrons. The van der Waals surface area contributed by atoms with E-state index >= 15 is 0 Å². The molecule has 3 rings (SSSR count). The van der Waals surface area contributed by atoms with Gasteiger partial charge in [-0.1, -0.05) is 0 Å². The number of nitrogens with one attached hydrogen (secondary N) is 2. The van der Waals surface area contributed by atoms with Gasteiger partial charge in [-0.2, -0.15) is 0 Å². The van der Waals surface area contributed by atoms with Gasteiger partial charge in [0.1, 0.15) is 0 Å². The second-order valence-corrected chi connectivity index (χ2v) is 6.41. The first kappa shape index (κ1) is 16.4. The summed E-state index contributed by atoms with van der Waals surface area (Å²) in [5.74, 6) is 1.27. The summed E-state index contributed by atoms with van der Waals surface area (Å²) in [4.78, 5) is 26.2. The van der Waals surface area contributed by atoms with Crippen molar-refractivity contribution in [3.63, 3.8) is 0 Å². The Kier molecular flexibility index (Phi) is 4.78. The van der Waals surface area contributed by atoms with Gasteiger partial charge in [-0.25, -0.2) is 4.79 Å². The van der Waals surface area contributed by atoms with Crippen molar-refractivity contribution in [1.82, 2.24) is 15.5 Å². The third kappa shape index (κ3) is 3.72. The van der Waals surface area contributed by atoms with E-state index in [1.807, 2.05) is 18.7 Å². The SMILES string of the molecule is CC(C)NC(=O)NC1CCN(C(=O)c2ccc3c(c2)OCO3)CC1. The molecule has 2 aliphatic heterocycles. The average Bonchev–Trinajstić information content (AvgIpc) is 3.01. The molecular formula is C17H23N3O4. The van der Waals surface area contributed by atoms with Crippen LogP contribution in [-0.4, -0.2) is 48.8 Å². The monoisotopic (exact) mass is 333 g/mol. The van der Waals surface area contributed by atoms with Crippen LogP contribution in [0.4, 0.5) is 4.79 Å². The molecule has 0 aromatic heterocycles. The summed E-state index contributed by atoms with van der Waals surface area (Å²) < 4.78 is 10.6. The summed E-state index contributed by atoms with van der Waals surface area (Å²) in [7, 11) is 0. The van der Waals surface area contributed by atoms with Gasteiger partial charge in [0.15, 0.2) is 11.5 Å². The number of amides is 3. The van der Waals surface area contributed by atoms with E-state index in [9.17, 15) is 9.59 Å². The molecule has 1 aromatic rings. The Morgan fingerprint density at radius 2 is 1.88 bits per heavy atom. The van der Waals surface area contributed by atoms with Crippen molar-refractivity contribution in [3.05, 3.63) is 23.8 Å². The Balaban J connectivity index is 1.53. The van der Waals surface area contributed by atoms with Gasteiger partial charge in [-0.15, -0.1) is 0 Å². The Morgan fingerprint density at radius 1 is 1.17 bits per heavy atom. The maximum atomic E-state index is 12.6. The van der Waals surface area contributed by atoms with Crippen LogP contribution in [0.2, 0.25) is 0 Å². The van der Waals surface area contributed by atoms with Crippen molar-refractivity contribution < 1.29 is 19.1 Å². The second-order valence-electron chi connectivity index (χ2n) is 6.41. The van der Waals surface area contributed by atoms with Crippen LogP contribution < -0.4 is 20.1 Å². The number of nitrogens with zero attached hydrogens (tertiary/aromatic N) is 1. The fourth-order valence-electron chi connectivity index (χ4n) is 2.93. The van der Waals surface area contributed by atoms with Gasteiger partial charge in [0.2, 0.25) is 6.79 Å². The molecular weight excluding hydrogens is 310 g/mol. The smallest absolute Gasteiger partial charge is 0.315 e. The van der Waals surface area contributed by atoms with Gasteiger partial charge in [0, 0.05) is 30.7 Å². The van der Waals surface area contributed by atoms with Gasteiger partial charge in [0.05, 0.1) is 0 Å². The molecule has 0 aliphatic carbocycles. The zero-order chi connectivity index (χ0) is 17.1. The Hall–Kier alpha value is -2.44. The number of hydrogen-bond donors (Lipinski definition) is 2. The molecule has 2 heterocycles. The minimum atomic E-state index is -0.148. The summed E-state index contributed by atoms with van der Waals surface area (Å²) in [6.45, 7) is 5.29. The lowest BCUT2D eigenvalue weighted by atomic mass is 10.0. The molecule has 2 N–H and O–H groups in total. The van der Waals surface area contributed by atoms with Crippen LogP contribution >= 0.6 is 0 Å². The van der Waals surface area contributed by atoms with E-state index in [1.165, 1.54) is 0 Å². The van der Waals surface area contributed by atoms with Crippen LogP contribution in [0.5, 0.6) is 11.5 Å². The lowest BCUT2D eigenvalue weighted by Gasteiger charge is -2.32. The first-order valence-corrected chi connectivity index (χ1v) is 8.29.